The van der Waals surface area contributed by atoms with Gasteiger partial charge >= 0.3 is 0 Å². The van der Waals surface area contributed by atoms with Crippen LogP contribution in [0.1, 0.15) is 66.2 Å². The van der Waals surface area contributed by atoms with Crippen molar-refractivity contribution in [2.45, 2.75) is 77.8 Å². The van der Waals surface area contributed by atoms with Gasteiger partial charge in [0.25, 0.3) is 0 Å². The molecule has 124 valence electrons. The fourth-order valence-corrected chi connectivity index (χ4v) is 4.13. The predicted octanol–water partition coefficient (Wildman–Crippen LogP) is 4.70. The monoisotopic (exact) mass is 339 g/mol. The number of hydrogen-bond donors (Lipinski definition) is 0. The van der Waals surface area contributed by atoms with Gasteiger partial charge in [0, 0.05) is 22.3 Å². The van der Waals surface area contributed by atoms with E-state index in [4.69, 9.17) is 10.7 Å². The molecule has 1 heterocycles. The average Bonchev–Trinajstić information content (AvgIpc) is 2.50. The maximum Gasteiger partial charge on any atom is 0.240 e. The van der Waals surface area contributed by atoms with Crippen molar-refractivity contribution in [1.29, 1.82) is 0 Å². The highest BCUT2D eigenvalue weighted by Crippen LogP contribution is 2.47. The summed E-state index contributed by atoms with van der Waals surface area (Å²) in [6, 6.07) is 0. The Kier molecular flexibility index (Phi) is 6.25. The molecule has 1 aliphatic rings. The minimum Gasteiger partial charge on any atom is -0.259 e. The van der Waals surface area contributed by atoms with E-state index in [0.717, 1.165) is 19.3 Å². The Labute approximate surface area is 132 Å². The van der Waals surface area contributed by atoms with Crippen molar-refractivity contribution >= 4 is 25.9 Å². The summed E-state index contributed by atoms with van der Waals surface area (Å²) in [5, 5.41) is -1.23. The van der Waals surface area contributed by atoms with E-state index in [1.54, 1.807) is 6.21 Å². The Balaban J connectivity index is 2.91. The van der Waals surface area contributed by atoms with E-state index < -0.39 is 20.6 Å². The zero-order valence-corrected chi connectivity index (χ0v) is 15.0. The first kappa shape index (κ1) is 18.9. The summed E-state index contributed by atoms with van der Waals surface area (Å²) in [7, 11) is 1.42. The van der Waals surface area contributed by atoms with Gasteiger partial charge in [0.1, 0.15) is 5.25 Å². The summed E-state index contributed by atoms with van der Waals surface area (Å²) < 4.78 is 36.9. The summed E-state index contributed by atoms with van der Waals surface area (Å²) in [5.41, 5.74) is -0.377. The van der Waals surface area contributed by atoms with E-state index in [0.29, 0.717) is 6.42 Å². The molecule has 0 radical (unpaired) electrons. The summed E-state index contributed by atoms with van der Waals surface area (Å²) in [6.45, 7) is 8.50. The molecule has 0 amide bonds. The second-order valence-electron chi connectivity index (χ2n) is 6.96. The SMILES string of the molecule is CCCCCC(C)(C)C1(C)C=NC(F)C(S(=O)(=O)Cl)CC1. The minimum atomic E-state index is -3.93. The second-order valence-corrected chi connectivity index (χ2v) is 9.81. The highest BCUT2D eigenvalue weighted by atomic mass is 35.7. The molecule has 1 rings (SSSR count). The molecule has 0 saturated carbocycles. The van der Waals surface area contributed by atoms with E-state index in [9.17, 15) is 12.8 Å². The molecule has 0 fully saturated rings. The number of rotatable bonds is 6. The number of halogens is 2. The molecule has 0 aromatic rings. The molecule has 0 N–H and O–H groups in total. The van der Waals surface area contributed by atoms with Crippen molar-refractivity contribution in [2.75, 3.05) is 0 Å². The number of aliphatic imine (C=N–C) groups is 1. The van der Waals surface area contributed by atoms with Crippen LogP contribution in [-0.4, -0.2) is 26.2 Å². The quantitative estimate of drug-likeness (QED) is 0.400. The van der Waals surface area contributed by atoms with Crippen LogP contribution in [0.4, 0.5) is 4.39 Å². The molecular weight excluding hydrogens is 313 g/mol. The maximum absolute atomic E-state index is 14.0. The molecule has 0 aromatic carbocycles. The zero-order chi connectivity index (χ0) is 16.3. The number of hydrogen-bond acceptors (Lipinski definition) is 3. The van der Waals surface area contributed by atoms with Gasteiger partial charge in [-0.3, -0.25) is 4.99 Å². The van der Waals surface area contributed by atoms with Crippen molar-refractivity contribution < 1.29 is 12.8 Å². The largest absolute Gasteiger partial charge is 0.259 e. The van der Waals surface area contributed by atoms with E-state index in [1.165, 1.54) is 6.42 Å². The lowest BCUT2D eigenvalue weighted by atomic mass is 9.63. The molecule has 3 atom stereocenters. The second kappa shape index (κ2) is 6.95. The Morgan fingerprint density at radius 2 is 2.05 bits per heavy atom. The molecule has 21 heavy (non-hydrogen) atoms. The Morgan fingerprint density at radius 1 is 1.43 bits per heavy atom. The third-order valence-corrected chi connectivity index (χ3v) is 6.94. The Morgan fingerprint density at radius 3 is 2.57 bits per heavy atom. The van der Waals surface area contributed by atoms with Gasteiger partial charge in [0.05, 0.1) is 0 Å². The molecular formula is C15H27ClFNO2S. The Bertz CT molecular complexity index is 478. The third-order valence-electron chi connectivity index (χ3n) is 5.07. The lowest BCUT2D eigenvalue weighted by molar-refractivity contribution is 0.140. The first-order chi connectivity index (χ1) is 9.53. The van der Waals surface area contributed by atoms with Crippen LogP contribution in [0.2, 0.25) is 0 Å². The smallest absolute Gasteiger partial charge is 0.240 e. The fraction of sp³-hybridized carbons (Fsp3) is 0.933. The predicted molar refractivity (Wildman–Crippen MR) is 87.2 cm³/mol. The number of nitrogens with zero attached hydrogens (tertiary/aromatic N) is 1. The molecule has 6 heteroatoms. The molecule has 0 saturated heterocycles. The van der Waals surface area contributed by atoms with Gasteiger partial charge in [-0.25, -0.2) is 12.8 Å². The van der Waals surface area contributed by atoms with Crippen molar-refractivity contribution in [3.05, 3.63) is 0 Å². The lowest BCUT2D eigenvalue weighted by Crippen LogP contribution is -2.37. The molecule has 3 unspecified atom stereocenters. The normalized spacial score (nSPS) is 31.1. The third kappa shape index (κ3) is 4.65. The summed E-state index contributed by atoms with van der Waals surface area (Å²) >= 11 is 0. The summed E-state index contributed by atoms with van der Waals surface area (Å²) in [4.78, 5) is 3.86. The van der Waals surface area contributed by atoms with E-state index in [1.807, 2.05) is 6.92 Å². The average molecular weight is 340 g/mol. The highest BCUT2D eigenvalue weighted by molar-refractivity contribution is 8.14. The molecule has 0 bridgehead atoms. The molecule has 1 aliphatic heterocycles. The summed E-state index contributed by atoms with van der Waals surface area (Å²) in [5.74, 6) is 0. The molecule has 0 aliphatic carbocycles. The van der Waals surface area contributed by atoms with E-state index >= 15 is 0 Å². The molecule has 3 nitrogen and oxygen atoms in total. The van der Waals surface area contributed by atoms with Gasteiger partial charge in [-0.1, -0.05) is 47.0 Å². The van der Waals surface area contributed by atoms with Crippen molar-refractivity contribution in [3.63, 3.8) is 0 Å². The topological polar surface area (TPSA) is 46.5 Å². The van der Waals surface area contributed by atoms with Crippen LogP contribution in [0, 0.1) is 10.8 Å². The number of alkyl halides is 1. The van der Waals surface area contributed by atoms with Crippen molar-refractivity contribution in [3.8, 4) is 0 Å². The van der Waals surface area contributed by atoms with Gasteiger partial charge in [-0.05, 0) is 24.7 Å². The number of unbranched alkanes of at least 4 members (excludes halogenated alkanes) is 2. The van der Waals surface area contributed by atoms with Crippen LogP contribution in [0.25, 0.3) is 0 Å². The van der Waals surface area contributed by atoms with Crippen LogP contribution < -0.4 is 0 Å². The highest BCUT2D eigenvalue weighted by Gasteiger charge is 2.44. The van der Waals surface area contributed by atoms with Gasteiger partial charge in [0.15, 0.2) is 0 Å². The van der Waals surface area contributed by atoms with Gasteiger partial charge in [-0.2, -0.15) is 0 Å². The van der Waals surface area contributed by atoms with Crippen molar-refractivity contribution in [2.24, 2.45) is 15.8 Å². The molecule has 0 spiro atoms. The minimum absolute atomic E-state index is 0.0592. The zero-order valence-electron chi connectivity index (χ0n) is 13.4. The standard InChI is InChI=1S/C15H27ClFNO2S/c1-5-6-7-9-14(2,3)15(4)10-8-12(21(16,19)20)13(17)18-11-15/h11-13H,5-10H2,1-4H3. The van der Waals surface area contributed by atoms with Gasteiger partial charge in [-0.15, -0.1) is 0 Å². The first-order valence-electron chi connectivity index (χ1n) is 7.65. The first-order valence-corrected chi connectivity index (χ1v) is 10.0. The Hall–Kier alpha value is -0.160. The van der Waals surface area contributed by atoms with Gasteiger partial charge in [0.2, 0.25) is 15.3 Å². The molecule has 0 aromatic heterocycles. The van der Waals surface area contributed by atoms with Crippen molar-refractivity contribution in [1.82, 2.24) is 0 Å². The fourth-order valence-electron chi connectivity index (χ4n) is 2.87. The van der Waals surface area contributed by atoms with Gasteiger partial charge < -0.3 is 0 Å². The van der Waals surface area contributed by atoms with Crippen LogP contribution in [0.15, 0.2) is 4.99 Å². The van der Waals surface area contributed by atoms with Crippen LogP contribution in [0.3, 0.4) is 0 Å². The van der Waals surface area contributed by atoms with Crippen LogP contribution in [-0.2, 0) is 9.05 Å². The van der Waals surface area contributed by atoms with E-state index in [2.05, 4.69) is 25.8 Å². The van der Waals surface area contributed by atoms with Crippen LogP contribution in [0.5, 0.6) is 0 Å². The maximum atomic E-state index is 14.0. The van der Waals surface area contributed by atoms with E-state index in [-0.39, 0.29) is 17.3 Å². The van der Waals surface area contributed by atoms with Crippen LogP contribution >= 0.6 is 10.7 Å². The lowest BCUT2D eigenvalue weighted by Gasteiger charge is -2.42. The summed E-state index contributed by atoms with van der Waals surface area (Å²) in [6.07, 6.45) is 5.10.